The third kappa shape index (κ3) is 2.61. The highest BCUT2D eigenvalue weighted by Crippen LogP contribution is 2.30. The van der Waals surface area contributed by atoms with Gasteiger partial charge in [0.05, 0.1) is 5.02 Å². The van der Waals surface area contributed by atoms with Crippen molar-refractivity contribution in [3.05, 3.63) is 22.8 Å². The predicted molar refractivity (Wildman–Crippen MR) is 69.4 cm³/mol. The van der Waals surface area contributed by atoms with Crippen LogP contribution in [0.4, 0.5) is 5.82 Å². The molecule has 1 fully saturated rings. The first kappa shape index (κ1) is 12.0. The zero-order valence-corrected chi connectivity index (χ0v) is 10.9. The zero-order valence-electron chi connectivity index (χ0n) is 9.42. The lowest BCUT2D eigenvalue weighted by Gasteiger charge is -2.31. The highest BCUT2D eigenvalue weighted by Gasteiger charge is 2.20. The lowest BCUT2D eigenvalue weighted by Crippen LogP contribution is -2.30. The first-order chi connectivity index (χ1) is 7.70. The SMILES string of the molecule is CN(CC1CCC1)c1ncc(CCl)cc1Cl. The summed E-state index contributed by atoms with van der Waals surface area (Å²) in [5, 5.41) is 0.694. The molecule has 88 valence electrons. The van der Waals surface area contributed by atoms with Crippen molar-refractivity contribution in [2.75, 3.05) is 18.5 Å². The quantitative estimate of drug-likeness (QED) is 0.766. The first-order valence-electron chi connectivity index (χ1n) is 5.62. The Bertz CT molecular complexity index is 364. The van der Waals surface area contributed by atoms with E-state index in [2.05, 4.69) is 9.88 Å². The van der Waals surface area contributed by atoms with E-state index in [1.165, 1.54) is 19.3 Å². The summed E-state index contributed by atoms with van der Waals surface area (Å²) in [6, 6.07) is 1.90. The van der Waals surface area contributed by atoms with Crippen molar-refractivity contribution >= 4 is 29.0 Å². The molecule has 2 nitrogen and oxygen atoms in total. The molecular formula is C12H16Cl2N2. The maximum atomic E-state index is 6.18. The molecule has 16 heavy (non-hydrogen) atoms. The van der Waals surface area contributed by atoms with E-state index in [-0.39, 0.29) is 0 Å². The summed E-state index contributed by atoms with van der Waals surface area (Å²) in [6.07, 6.45) is 5.83. The number of hydrogen-bond donors (Lipinski definition) is 0. The second-order valence-corrected chi connectivity index (χ2v) is 5.13. The third-order valence-electron chi connectivity index (χ3n) is 3.15. The fourth-order valence-electron chi connectivity index (χ4n) is 1.97. The number of halogens is 2. The number of rotatable bonds is 4. The Morgan fingerprint density at radius 1 is 1.50 bits per heavy atom. The number of hydrogen-bond acceptors (Lipinski definition) is 2. The van der Waals surface area contributed by atoms with E-state index < -0.39 is 0 Å². The summed E-state index contributed by atoms with van der Waals surface area (Å²) in [7, 11) is 2.05. The number of nitrogens with zero attached hydrogens (tertiary/aromatic N) is 2. The Morgan fingerprint density at radius 2 is 2.25 bits per heavy atom. The zero-order chi connectivity index (χ0) is 11.5. The molecule has 4 heteroatoms. The van der Waals surface area contributed by atoms with Gasteiger partial charge in [0, 0.05) is 25.7 Å². The van der Waals surface area contributed by atoms with Gasteiger partial charge in [-0.3, -0.25) is 0 Å². The van der Waals surface area contributed by atoms with Gasteiger partial charge < -0.3 is 4.90 Å². The standard InChI is InChI=1S/C12H16Cl2N2/c1-16(8-9-3-2-4-9)12-11(14)5-10(6-13)7-15-12/h5,7,9H,2-4,6,8H2,1H3. The normalized spacial score (nSPS) is 15.9. The molecule has 1 aliphatic carbocycles. The molecule has 0 saturated heterocycles. The van der Waals surface area contributed by atoms with Crippen LogP contribution in [0.3, 0.4) is 0 Å². The average Bonchev–Trinajstić information content (AvgIpc) is 2.23. The lowest BCUT2D eigenvalue weighted by molar-refractivity contribution is 0.321. The van der Waals surface area contributed by atoms with E-state index in [1.807, 2.05) is 13.1 Å². The maximum Gasteiger partial charge on any atom is 0.147 e. The van der Waals surface area contributed by atoms with Gasteiger partial charge in [0.25, 0.3) is 0 Å². The molecule has 1 aliphatic rings. The molecular weight excluding hydrogens is 243 g/mol. The topological polar surface area (TPSA) is 16.1 Å². The average molecular weight is 259 g/mol. The Kier molecular flexibility index (Phi) is 3.93. The summed E-state index contributed by atoms with van der Waals surface area (Å²) in [5.41, 5.74) is 0.965. The molecule has 1 heterocycles. The third-order valence-corrected chi connectivity index (χ3v) is 3.74. The molecule has 0 spiro atoms. The second kappa shape index (κ2) is 5.24. The van der Waals surface area contributed by atoms with Crippen LogP contribution in [0, 0.1) is 5.92 Å². The second-order valence-electron chi connectivity index (χ2n) is 4.46. The number of anilines is 1. The molecule has 1 aromatic rings. The summed E-state index contributed by atoms with van der Waals surface area (Å²) in [6.45, 7) is 1.05. The van der Waals surface area contributed by atoms with Gasteiger partial charge in [-0.2, -0.15) is 0 Å². The Balaban J connectivity index is 2.06. The lowest BCUT2D eigenvalue weighted by atomic mass is 9.85. The van der Waals surface area contributed by atoms with Crippen LogP contribution in [0.15, 0.2) is 12.3 Å². The summed E-state index contributed by atoms with van der Waals surface area (Å²) >= 11 is 11.9. The van der Waals surface area contributed by atoms with Crippen LogP contribution in [0.1, 0.15) is 24.8 Å². The van der Waals surface area contributed by atoms with Gasteiger partial charge in [0.2, 0.25) is 0 Å². The molecule has 2 rings (SSSR count). The fourth-order valence-corrected chi connectivity index (χ4v) is 2.45. The van der Waals surface area contributed by atoms with Crippen LogP contribution in [0.2, 0.25) is 5.02 Å². The van der Waals surface area contributed by atoms with Crippen LogP contribution >= 0.6 is 23.2 Å². The minimum absolute atomic E-state index is 0.458. The van der Waals surface area contributed by atoms with E-state index in [4.69, 9.17) is 23.2 Å². The van der Waals surface area contributed by atoms with Crippen molar-refractivity contribution < 1.29 is 0 Å². The van der Waals surface area contributed by atoms with Gasteiger partial charge in [-0.1, -0.05) is 18.0 Å². The van der Waals surface area contributed by atoms with Gasteiger partial charge in [-0.05, 0) is 30.4 Å². The largest absolute Gasteiger partial charge is 0.358 e. The molecule has 0 aromatic carbocycles. The van der Waals surface area contributed by atoms with E-state index in [0.717, 1.165) is 23.8 Å². The minimum Gasteiger partial charge on any atom is -0.358 e. The summed E-state index contributed by atoms with van der Waals surface area (Å²) in [5.74, 6) is 2.14. The predicted octanol–water partition coefficient (Wildman–Crippen LogP) is 3.71. The Morgan fingerprint density at radius 3 is 2.75 bits per heavy atom. The van der Waals surface area contributed by atoms with Gasteiger partial charge in [0.15, 0.2) is 0 Å². The number of aromatic nitrogens is 1. The summed E-state index contributed by atoms with van der Waals surface area (Å²) < 4.78 is 0. The monoisotopic (exact) mass is 258 g/mol. The highest BCUT2D eigenvalue weighted by molar-refractivity contribution is 6.33. The molecule has 0 unspecified atom stereocenters. The van der Waals surface area contributed by atoms with Crippen LogP contribution in [-0.4, -0.2) is 18.6 Å². The smallest absolute Gasteiger partial charge is 0.147 e. The van der Waals surface area contributed by atoms with Crippen LogP contribution in [0.25, 0.3) is 0 Å². The molecule has 0 atom stereocenters. The van der Waals surface area contributed by atoms with Crippen LogP contribution in [0.5, 0.6) is 0 Å². The minimum atomic E-state index is 0.458. The first-order valence-corrected chi connectivity index (χ1v) is 6.53. The maximum absolute atomic E-state index is 6.18. The van der Waals surface area contributed by atoms with Crippen LogP contribution in [-0.2, 0) is 5.88 Å². The van der Waals surface area contributed by atoms with Gasteiger partial charge in [0.1, 0.15) is 5.82 Å². The van der Waals surface area contributed by atoms with E-state index in [1.54, 1.807) is 6.20 Å². The van der Waals surface area contributed by atoms with E-state index in [0.29, 0.717) is 10.9 Å². The molecule has 0 aliphatic heterocycles. The Hall–Kier alpha value is -0.470. The molecule has 1 aromatic heterocycles. The highest BCUT2D eigenvalue weighted by atomic mass is 35.5. The molecule has 0 bridgehead atoms. The fraction of sp³-hybridized carbons (Fsp3) is 0.583. The van der Waals surface area contributed by atoms with Crippen molar-refractivity contribution in [1.82, 2.24) is 4.98 Å². The Labute approximate surface area is 107 Å². The summed E-state index contributed by atoms with van der Waals surface area (Å²) in [4.78, 5) is 6.51. The van der Waals surface area contributed by atoms with Gasteiger partial charge in [-0.15, -0.1) is 11.6 Å². The van der Waals surface area contributed by atoms with Gasteiger partial charge >= 0.3 is 0 Å². The molecule has 0 amide bonds. The van der Waals surface area contributed by atoms with Crippen molar-refractivity contribution in [3.63, 3.8) is 0 Å². The molecule has 0 N–H and O–H groups in total. The van der Waals surface area contributed by atoms with E-state index >= 15 is 0 Å². The molecule has 0 radical (unpaired) electrons. The van der Waals surface area contributed by atoms with Crippen molar-refractivity contribution in [3.8, 4) is 0 Å². The van der Waals surface area contributed by atoms with Gasteiger partial charge in [-0.25, -0.2) is 4.98 Å². The number of pyridine rings is 1. The van der Waals surface area contributed by atoms with Crippen LogP contribution < -0.4 is 4.90 Å². The van der Waals surface area contributed by atoms with E-state index in [9.17, 15) is 0 Å². The van der Waals surface area contributed by atoms with Crippen molar-refractivity contribution in [2.24, 2.45) is 5.92 Å². The van der Waals surface area contributed by atoms with Crippen molar-refractivity contribution in [2.45, 2.75) is 25.1 Å². The number of alkyl halides is 1. The van der Waals surface area contributed by atoms with Crippen molar-refractivity contribution in [1.29, 1.82) is 0 Å². The molecule has 1 saturated carbocycles.